The Morgan fingerprint density at radius 3 is 2.88 bits per heavy atom. The Kier molecular flexibility index (Phi) is 3.19. The molecule has 2 fully saturated rings. The second kappa shape index (κ2) is 4.31. The van der Waals surface area contributed by atoms with Crippen molar-refractivity contribution in [3.05, 3.63) is 0 Å². The zero-order valence-corrected chi connectivity index (χ0v) is 9.72. The van der Waals surface area contributed by atoms with E-state index in [0.717, 1.165) is 19.6 Å². The van der Waals surface area contributed by atoms with Gasteiger partial charge in [0, 0.05) is 32.2 Å². The van der Waals surface area contributed by atoms with E-state index in [1.807, 2.05) is 0 Å². The van der Waals surface area contributed by atoms with E-state index < -0.39 is 11.6 Å². The number of aliphatic hydroxyl groups is 1. The van der Waals surface area contributed by atoms with Crippen molar-refractivity contribution in [1.82, 2.24) is 9.80 Å². The quantitative estimate of drug-likeness (QED) is 0.688. The summed E-state index contributed by atoms with van der Waals surface area (Å²) in [5.74, 6) is -1.14. The molecule has 92 valence electrons. The highest BCUT2D eigenvalue weighted by atomic mass is 16.4. The van der Waals surface area contributed by atoms with Gasteiger partial charge in [-0.1, -0.05) is 0 Å². The van der Waals surface area contributed by atoms with Crippen LogP contribution in [0.25, 0.3) is 0 Å². The molecule has 2 aliphatic rings. The van der Waals surface area contributed by atoms with Crippen LogP contribution in [0.5, 0.6) is 0 Å². The number of carboxylic acid groups (broad SMARTS) is 1. The zero-order valence-electron chi connectivity index (χ0n) is 9.72. The molecule has 0 radical (unpaired) electrons. The third kappa shape index (κ3) is 2.36. The number of hydrogen-bond acceptors (Lipinski definition) is 4. The van der Waals surface area contributed by atoms with Gasteiger partial charge in [0.1, 0.15) is 0 Å². The number of hydrogen-bond donors (Lipinski definition) is 2. The predicted octanol–water partition coefficient (Wildman–Crippen LogP) is -0.398. The molecule has 2 aliphatic heterocycles. The molecule has 0 amide bonds. The first-order valence-electron chi connectivity index (χ1n) is 5.91. The molecule has 0 aromatic rings. The maximum absolute atomic E-state index is 10.8. The summed E-state index contributed by atoms with van der Waals surface area (Å²) in [5, 5.41) is 18.6. The highest BCUT2D eigenvalue weighted by Gasteiger charge is 2.36. The molecule has 5 nitrogen and oxygen atoms in total. The van der Waals surface area contributed by atoms with Crippen LogP contribution in [0.4, 0.5) is 0 Å². The molecular formula is C11H20N2O3. The number of nitrogens with zero attached hydrogens (tertiary/aromatic N) is 2. The summed E-state index contributed by atoms with van der Waals surface area (Å²) in [7, 11) is 0. The normalized spacial score (nSPS) is 31.0. The van der Waals surface area contributed by atoms with E-state index in [9.17, 15) is 9.90 Å². The maximum atomic E-state index is 10.8. The Hall–Kier alpha value is -0.650. The lowest BCUT2D eigenvalue weighted by Crippen LogP contribution is -2.55. The molecular weight excluding hydrogens is 208 g/mol. The number of rotatable bonds is 3. The van der Waals surface area contributed by atoms with E-state index in [2.05, 4.69) is 9.80 Å². The van der Waals surface area contributed by atoms with Crippen LogP contribution in [-0.2, 0) is 4.79 Å². The van der Waals surface area contributed by atoms with E-state index in [1.165, 1.54) is 26.3 Å². The first-order valence-corrected chi connectivity index (χ1v) is 5.91. The van der Waals surface area contributed by atoms with Crippen molar-refractivity contribution in [3.8, 4) is 0 Å². The Balaban J connectivity index is 1.90. The van der Waals surface area contributed by atoms with Gasteiger partial charge < -0.3 is 10.2 Å². The number of carboxylic acids is 1. The molecule has 16 heavy (non-hydrogen) atoms. The lowest BCUT2D eigenvalue weighted by atomic mass is 10.1. The van der Waals surface area contributed by atoms with Gasteiger partial charge in [-0.25, -0.2) is 4.79 Å². The van der Waals surface area contributed by atoms with Gasteiger partial charge in [-0.2, -0.15) is 0 Å². The number of aliphatic carboxylic acids is 1. The summed E-state index contributed by atoms with van der Waals surface area (Å²) in [6.45, 7) is 5.53. The molecule has 0 saturated carbocycles. The Morgan fingerprint density at radius 1 is 1.44 bits per heavy atom. The fraction of sp³-hybridized carbons (Fsp3) is 0.909. The van der Waals surface area contributed by atoms with E-state index in [-0.39, 0.29) is 6.54 Å². The Labute approximate surface area is 95.6 Å². The standard InChI is InChI=1S/C11H20N2O3/c1-11(16,10(14)15)8-12-5-6-13-4-2-3-9(13)7-12/h9,16H,2-8H2,1H3,(H,14,15). The molecule has 2 heterocycles. The first-order chi connectivity index (χ1) is 7.49. The minimum absolute atomic E-state index is 0.229. The van der Waals surface area contributed by atoms with E-state index in [4.69, 9.17) is 5.11 Å². The van der Waals surface area contributed by atoms with Gasteiger partial charge in [-0.05, 0) is 26.3 Å². The van der Waals surface area contributed by atoms with Crippen molar-refractivity contribution in [2.45, 2.75) is 31.4 Å². The van der Waals surface area contributed by atoms with Gasteiger partial charge in [-0.15, -0.1) is 0 Å². The second-order valence-corrected chi connectivity index (χ2v) is 5.15. The van der Waals surface area contributed by atoms with Crippen LogP contribution in [-0.4, -0.2) is 70.3 Å². The number of fused-ring (bicyclic) bond motifs is 1. The monoisotopic (exact) mass is 228 g/mol. The second-order valence-electron chi connectivity index (χ2n) is 5.15. The molecule has 0 aromatic carbocycles. The highest BCUT2D eigenvalue weighted by Crippen LogP contribution is 2.22. The van der Waals surface area contributed by atoms with Crippen molar-refractivity contribution in [2.24, 2.45) is 0 Å². The summed E-state index contributed by atoms with van der Waals surface area (Å²) in [6.07, 6.45) is 2.44. The van der Waals surface area contributed by atoms with E-state index >= 15 is 0 Å². The van der Waals surface area contributed by atoms with Crippen LogP contribution >= 0.6 is 0 Å². The van der Waals surface area contributed by atoms with Crippen molar-refractivity contribution < 1.29 is 15.0 Å². The Morgan fingerprint density at radius 2 is 2.19 bits per heavy atom. The van der Waals surface area contributed by atoms with Gasteiger partial charge in [0.2, 0.25) is 0 Å². The minimum Gasteiger partial charge on any atom is -0.479 e. The van der Waals surface area contributed by atoms with Crippen LogP contribution in [0, 0.1) is 0 Å². The number of β-amino-alcohol motifs (C(OH)–C–C–N with tert-alkyl or cyclic N) is 1. The van der Waals surface area contributed by atoms with Gasteiger partial charge in [0.15, 0.2) is 5.60 Å². The van der Waals surface area contributed by atoms with E-state index in [1.54, 1.807) is 0 Å². The summed E-state index contributed by atoms with van der Waals surface area (Å²) in [6, 6.07) is 0.568. The highest BCUT2D eigenvalue weighted by molar-refractivity contribution is 5.76. The summed E-state index contributed by atoms with van der Waals surface area (Å²) < 4.78 is 0. The van der Waals surface area contributed by atoms with Crippen molar-refractivity contribution in [2.75, 3.05) is 32.7 Å². The average molecular weight is 228 g/mol. The lowest BCUT2D eigenvalue weighted by Gasteiger charge is -2.39. The predicted molar refractivity (Wildman–Crippen MR) is 59.3 cm³/mol. The third-order valence-corrected chi connectivity index (χ3v) is 3.66. The molecule has 0 aromatic heterocycles. The largest absolute Gasteiger partial charge is 0.479 e. The molecule has 2 N–H and O–H groups in total. The van der Waals surface area contributed by atoms with E-state index in [0.29, 0.717) is 6.04 Å². The summed E-state index contributed by atoms with van der Waals surface area (Å²) >= 11 is 0. The van der Waals surface area contributed by atoms with Crippen LogP contribution in [0.1, 0.15) is 19.8 Å². The van der Waals surface area contributed by atoms with Crippen LogP contribution < -0.4 is 0 Å². The molecule has 0 bridgehead atoms. The van der Waals surface area contributed by atoms with Gasteiger partial charge in [0.25, 0.3) is 0 Å². The zero-order chi connectivity index (χ0) is 11.8. The number of carbonyl (C=O) groups is 1. The van der Waals surface area contributed by atoms with Crippen molar-refractivity contribution >= 4 is 5.97 Å². The first kappa shape index (κ1) is 11.8. The third-order valence-electron chi connectivity index (χ3n) is 3.66. The summed E-state index contributed by atoms with van der Waals surface area (Å²) in [4.78, 5) is 15.4. The van der Waals surface area contributed by atoms with Gasteiger partial charge in [-0.3, -0.25) is 9.80 Å². The molecule has 2 saturated heterocycles. The van der Waals surface area contributed by atoms with Crippen molar-refractivity contribution in [1.29, 1.82) is 0 Å². The van der Waals surface area contributed by atoms with Gasteiger partial charge >= 0.3 is 5.97 Å². The molecule has 2 atom stereocenters. The van der Waals surface area contributed by atoms with Crippen molar-refractivity contribution in [3.63, 3.8) is 0 Å². The smallest absolute Gasteiger partial charge is 0.336 e. The summed E-state index contributed by atoms with van der Waals surface area (Å²) in [5.41, 5.74) is -1.62. The number of piperazine rings is 1. The topological polar surface area (TPSA) is 64.0 Å². The van der Waals surface area contributed by atoms with Gasteiger partial charge in [0.05, 0.1) is 0 Å². The fourth-order valence-corrected chi connectivity index (χ4v) is 2.70. The molecule has 2 rings (SSSR count). The average Bonchev–Trinajstić information content (AvgIpc) is 2.63. The molecule has 2 unspecified atom stereocenters. The molecule has 0 spiro atoms. The maximum Gasteiger partial charge on any atom is 0.336 e. The minimum atomic E-state index is -1.62. The SMILES string of the molecule is CC(O)(CN1CCN2CCCC2C1)C(=O)O. The Bertz CT molecular complexity index is 280. The lowest BCUT2D eigenvalue weighted by molar-refractivity contribution is -0.159. The molecule has 5 heteroatoms. The fourth-order valence-electron chi connectivity index (χ4n) is 2.70. The molecule has 0 aliphatic carbocycles. The van der Waals surface area contributed by atoms with Crippen LogP contribution in [0.15, 0.2) is 0 Å². The van der Waals surface area contributed by atoms with Crippen LogP contribution in [0.2, 0.25) is 0 Å². The van der Waals surface area contributed by atoms with Crippen LogP contribution in [0.3, 0.4) is 0 Å².